The molecule has 3 rings (SSSR count). The fourth-order valence-electron chi connectivity index (χ4n) is 3.53. The summed E-state index contributed by atoms with van der Waals surface area (Å²) in [6.45, 7) is 7.22. The van der Waals surface area contributed by atoms with Gasteiger partial charge in [-0.1, -0.05) is 36.4 Å². The van der Waals surface area contributed by atoms with E-state index in [1.807, 2.05) is 42.5 Å². The molecule has 1 fully saturated rings. The number of hydrogen-bond acceptors (Lipinski definition) is 4. The van der Waals surface area contributed by atoms with Crippen molar-refractivity contribution in [2.75, 3.05) is 32.7 Å². The summed E-state index contributed by atoms with van der Waals surface area (Å²) in [6, 6.07) is 13.6. The summed E-state index contributed by atoms with van der Waals surface area (Å²) in [5.41, 5.74) is 0.0672. The Labute approximate surface area is 177 Å². The topological polar surface area (TPSA) is 79.0 Å². The predicted molar refractivity (Wildman–Crippen MR) is 115 cm³/mol. The lowest BCUT2D eigenvalue weighted by molar-refractivity contribution is -0.130. The normalized spacial score (nSPS) is 14.9. The molecule has 0 unspecified atom stereocenters. The monoisotopic (exact) mass is 411 g/mol. The van der Waals surface area contributed by atoms with Crippen LogP contribution in [0.4, 0.5) is 4.79 Å². The Balaban J connectivity index is 1.58. The van der Waals surface area contributed by atoms with Gasteiger partial charge in [-0.3, -0.25) is 9.59 Å². The number of alkyl carbamates (subject to hydrolysis) is 1. The van der Waals surface area contributed by atoms with Crippen LogP contribution in [0.3, 0.4) is 0 Å². The predicted octanol–water partition coefficient (Wildman–Crippen LogP) is 3.04. The molecule has 2 aromatic carbocycles. The minimum Gasteiger partial charge on any atom is -0.444 e. The molecule has 1 heterocycles. The van der Waals surface area contributed by atoms with Crippen LogP contribution in [-0.4, -0.2) is 66.0 Å². The van der Waals surface area contributed by atoms with E-state index >= 15 is 0 Å². The van der Waals surface area contributed by atoms with Crippen molar-refractivity contribution in [3.05, 3.63) is 48.0 Å². The Bertz CT molecular complexity index is 930. The Hall–Kier alpha value is -3.09. The summed E-state index contributed by atoms with van der Waals surface area (Å²) in [7, 11) is 0. The van der Waals surface area contributed by atoms with E-state index in [2.05, 4.69) is 5.32 Å². The molecule has 0 bridgehead atoms. The maximum atomic E-state index is 13.1. The largest absolute Gasteiger partial charge is 0.444 e. The van der Waals surface area contributed by atoms with Gasteiger partial charge in [0.15, 0.2) is 0 Å². The van der Waals surface area contributed by atoms with E-state index in [0.29, 0.717) is 38.2 Å². The third-order valence-electron chi connectivity index (χ3n) is 4.94. The molecule has 0 aromatic heterocycles. The van der Waals surface area contributed by atoms with Crippen LogP contribution in [0.2, 0.25) is 0 Å². The van der Waals surface area contributed by atoms with Gasteiger partial charge in [0.2, 0.25) is 5.91 Å². The van der Waals surface area contributed by atoms with Crippen molar-refractivity contribution >= 4 is 28.7 Å². The van der Waals surface area contributed by atoms with E-state index in [-0.39, 0.29) is 18.4 Å². The molecule has 7 nitrogen and oxygen atoms in total. The number of rotatable bonds is 3. The van der Waals surface area contributed by atoms with Crippen LogP contribution in [0, 0.1) is 0 Å². The van der Waals surface area contributed by atoms with Crippen LogP contribution >= 0.6 is 0 Å². The number of hydrogen-bond donors (Lipinski definition) is 1. The van der Waals surface area contributed by atoms with Gasteiger partial charge in [0.25, 0.3) is 5.91 Å². The van der Waals surface area contributed by atoms with E-state index in [1.54, 1.807) is 30.6 Å². The maximum Gasteiger partial charge on any atom is 0.408 e. The SMILES string of the molecule is CC(C)(C)OC(=O)NCC(=O)N1CCCN(C(=O)c2cccc3ccccc23)CC1. The van der Waals surface area contributed by atoms with Crippen LogP contribution < -0.4 is 5.32 Å². The quantitative estimate of drug-likeness (QED) is 0.842. The van der Waals surface area contributed by atoms with Crippen molar-refractivity contribution in [2.45, 2.75) is 32.8 Å². The Kier molecular flexibility index (Phi) is 6.59. The summed E-state index contributed by atoms with van der Waals surface area (Å²) in [4.78, 5) is 40.9. The maximum absolute atomic E-state index is 13.1. The smallest absolute Gasteiger partial charge is 0.408 e. The third-order valence-corrected chi connectivity index (χ3v) is 4.94. The van der Waals surface area contributed by atoms with Gasteiger partial charge in [0.1, 0.15) is 12.1 Å². The first-order valence-electron chi connectivity index (χ1n) is 10.3. The van der Waals surface area contributed by atoms with Gasteiger partial charge in [-0.2, -0.15) is 0 Å². The molecule has 2 aromatic rings. The van der Waals surface area contributed by atoms with Gasteiger partial charge in [-0.25, -0.2) is 4.79 Å². The van der Waals surface area contributed by atoms with Crippen molar-refractivity contribution in [3.63, 3.8) is 0 Å². The molecule has 0 radical (unpaired) electrons. The van der Waals surface area contributed by atoms with E-state index in [9.17, 15) is 14.4 Å². The second-order valence-electron chi connectivity index (χ2n) is 8.41. The summed E-state index contributed by atoms with van der Waals surface area (Å²) in [5, 5.41) is 4.47. The first-order valence-corrected chi connectivity index (χ1v) is 10.3. The highest BCUT2D eigenvalue weighted by Gasteiger charge is 2.24. The van der Waals surface area contributed by atoms with Crippen LogP contribution in [0.15, 0.2) is 42.5 Å². The highest BCUT2D eigenvalue weighted by Crippen LogP contribution is 2.20. The van der Waals surface area contributed by atoms with Crippen LogP contribution in [0.25, 0.3) is 10.8 Å². The van der Waals surface area contributed by atoms with Gasteiger partial charge >= 0.3 is 6.09 Å². The third kappa shape index (κ3) is 5.49. The first-order chi connectivity index (χ1) is 14.2. The molecular formula is C23H29N3O4. The van der Waals surface area contributed by atoms with Crippen molar-refractivity contribution in [1.29, 1.82) is 0 Å². The molecule has 7 heteroatoms. The number of ether oxygens (including phenoxy) is 1. The molecule has 0 aliphatic carbocycles. The Morgan fingerprint density at radius 1 is 0.933 bits per heavy atom. The highest BCUT2D eigenvalue weighted by molar-refractivity contribution is 6.07. The summed E-state index contributed by atoms with van der Waals surface area (Å²) < 4.78 is 5.16. The first kappa shape index (κ1) is 21.6. The number of nitrogens with zero attached hydrogens (tertiary/aromatic N) is 2. The van der Waals surface area contributed by atoms with Crippen LogP contribution in [0.1, 0.15) is 37.6 Å². The van der Waals surface area contributed by atoms with Crippen LogP contribution in [0.5, 0.6) is 0 Å². The molecule has 3 amide bonds. The van der Waals surface area contributed by atoms with Crippen molar-refractivity contribution in [2.24, 2.45) is 0 Å². The summed E-state index contributed by atoms with van der Waals surface area (Å²) in [6.07, 6.45) is 0.0766. The number of benzene rings is 2. The number of amides is 3. The second kappa shape index (κ2) is 9.15. The van der Waals surface area contributed by atoms with Crippen molar-refractivity contribution < 1.29 is 19.1 Å². The molecule has 160 valence electrons. The van der Waals surface area contributed by atoms with Gasteiger partial charge < -0.3 is 19.9 Å². The van der Waals surface area contributed by atoms with Gasteiger partial charge in [-0.05, 0) is 44.0 Å². The molecule has 1 saturated heterocycles. The fraction of sp³-hybridized carbons (Fsp3) is 0.435. The zero-order chi connectivity index (χ0) is 21.7. The van der Waals surface area contributed by atoms with E-state index in [0.717, 1.165) is 10.8 Å². The molecule has 1 aliphatic rings. The van der Waals surface area contributed by atoms with Crippen LogP contribution in [-0.2, 0) is 9.53 Å². The second-order valence-corrected chi connectivity index (χ2v) is 8.41. The van der Waals surface area contributed by atoms with E-state index in [1.165, 1.54) is 0 Å². The zero-order valence-corrected chi connectivity index (χ0v) is 17.8. The number of carbonyl (C=O) groups excluding carboxylic acids is 3. The van der Waals surface area contributed by atoms with Gasteiger partial charge in [0, 0.05) is 31.7 Å². The average Bonchev–Trinajstić information content (AvgIpc) is 2.96. The lowest BCUT2D eigenvalue weighted by Crippen LogP contribution is -2.43. The molecular weight excluding hydrogens is 382 g/mol. The number of nitrogens with one attached hydrogen (secondary N) is 1. The molecule has 0 saturated carbocycles. The van der Waals surface area contributed by atoms with E-state index < -0.39 is 11.7 Å². The molecule has 0 atom stereocenters. The lowest BCUT2D eigenvalue weighted by Gasteiger charge is -2.23. The lowest BCUT2D eigenvalue weighted by atomic mass is 10.0. The molecule has 1 aliphatic heterocycles. The number of carbonyl (C=O) groups is 3. The van der Waals surface area contributed by atoms with Gasteiger partial charge in [0.05, 0.1) is 0 Å². The Morgan fingerprint density at radius 2 is 1.60 bits per heavy atom. The number of fused-ring (bicyclic) bond motifs is 1. The van der Waals surface area contributed by atoms with E-state index in [4.69, 9.17) is 4.74 Å². The molecule has 30 heavy (non-hydrogen) atoms. The fourth-order valence-corrected chi connectivity index (χ4v) is 3.53. The summed E-state index contributed by atoms with van der Waals surface area (Å²) >= 11 is 0. The molecule has 1 N–H and O–H groups in total. The average molecular weight is 412 g/mol. The summed E-state index contributed by atoms with van der Waals surface area (Å²) in [5.74, 6) is -0.201. The molecule has 0 spiro atoms. The zero-order valence-electron chi connectivity index (χ0n) is 17.8. The Morgan fingerprint density at radius 3 is 2.37 bits per heavy atom. The minimum absolute atomic E-state index is 0.0204. The van der Waals surface area contributed by atoms with Crippen molar-refractivity contribution in [3.8, 4) is 0 Å². The van der Waals surface area contributed by atoms with Crippen molar-refractivity contribution in [1.82, 2.24) is 15.1 Å². The minimum atomic E-state index is -0.613. The highest BCUT2D eigenvalue weighted by atomic mass is 16.6. The van der Waals surface area contributed by atoms with Gasteiger partial charge in [-0.15, -0.1) is 0 Å². The standard InChI is InChI=1S/C23H29N3O4/c1-23(2,3)30-22(29)24-16-20(27)25-12-7-13-26(15-14-25)21(28)19-11-6-9-17-8-4-5-10-18(17)19/h4-6,8-11H,7,12-16H2,1-3H3,(H,24,29).